The third-order valence-electron chi connectivity index (χ3n) is 7.35. The van der Waals surface area contributed by atoms with Gasteiger partial charge < -0.3 is 30.3 Å². The Morgan fingerprint density at radius 3 is 1.95 bits per heavy atom. The van der Waals surface area contributed by atoms with Crippen molar-refractivity contribution in [3.63, 3.8) is 0 Å². The van der Waals surface area contributed by atoms with Crippen LogP contribution in [0, 0.1) is 0 Å². The first-order valence-electron chi connectivity index (χ1n) is 15.7. The second-order valence-electron chi connectivity index (χ2n) is 11.0. The predicted molar refractivity (Wildman–Crippen MR) is 157 cm³/mol. The van der Waals surface area contributed by atoms with Crippen molar-refractivity contribution in [2.75, 3.05) is 26.4 Å². The van der Waals surface area contributed by atoms with Crippen molar-refractivity contribution >= 4 is 13.7 Å². The molecule has 1 fully saturated rings. The zero-order chi connectivity index (χ0) is 30.6. The number of carbonyl (C=O) groups excluding carboxylic acids is 1. The van der Waals surface area contributed by atoms with Crippen molar-refractivity contribution in [3.8, 4) is 0 Å². The van der Waals surface area contributed by atoms with Crippen LogP contribution in [0.4, 0.5) is 0 Å². The van der Waals surface area contributed by atoms with Gasteiger partial charge in [0.25, 0.3) is 5.91 Å². The van der Waals surface area contributed by atoms with E-state index in [1.165, 1.54) is 89.9 Å². The number of unbranched alkanes of at least 4 members (excludes halogenated alkanes) is 15. The molecule has 1 saturated heterocycles. The quantitative estimate of drug-likeness (QED) is 0.0848. The molecule has 2 heterocycles. The topological polar surface area (TPSA) is 188 Å². The molecule has 244 valence electrons. The lowest BCUT2D eigenvalue weighted by Gasteiger charge is -2.17. The largest absolute Gasteiger partial charge is 0.472 e. The SMILES string of the molecule is CCCCCCCCCCCCCCCCCCOCCOP(=O)(O)OC[C@H]1O[C@@H](n2cnc(C(N)=O)n2)C(O)C1O. The highest BCUT2D eigenvalue weighted by Crippen LogP contribution is 2.44. The number of nitrogens with zero attached hydrogens (tertiary/aromatic N) is 3. The monoisotopic (exact) mass is 620 g/mol. The molecule has 42 heavy (non-hydrogen) atoms. The van der Waals surface area contributed by atoms with Gasteiger partial charge >= 0.3 is 7.82 Å². The van der Waals surface area contributed by atoms with Gasteiger partial charge in [-0.15, -0.1) is 5.10 Å². The molecular formula is C28H53N4O9P. The molecular weight excluding hydrogens is 567 g/mol. The van der Waals surface area contributed by atoms with Crippen LogP contribution in [0.3, 0.4) is 0 Å². The Kier molecular flexibility index (Phi) is 18.6. The number of rotatable bonds is 26. The molecule has 1 aromatic rings. The number of aromatic nitrogens is 3. The van der Waals surface area contributed by atoms with E-state index < -0.39 is 44.9 Å². The fraction of sp³-hybridized carbons (Fsp3) is 0.893. The highest BCUT2D eigenvalue weighted by atomic mass is 31.2. The average molecular weight is 621 g/mol. The summed E-state index contributed by atoms with van der Waals surface area (Å²) in [5.74, 6) is -1.15. The number of hydrogen-bond donors (Lipinski definition) is 4. The Hall–Kier alpha value is -1.44. The molecule has 0 aliphatic carbocycles. The molecule has 5 atom stereocenters. The molecule has 3 unspecified atom stereocenters. The summed E-state index contributed by atoms with van der Waals surface area (Å²) < 4.78 is 34.0. The summed E-state index contributed by atoms with van der Waals surface area (Å²) in [4.78, 5) is 24.7. The molecule has 1 aromatic heterocycles. The van der Waals surface area contributed by atoms with Crippen molar-refractivity contribution in [2.24, 2.45) is 5.73 Å². The van der Waals surface area contributed by atoms with Gasteiger partial charge in [-0.2, -0.15) is 0 Å². The molecule has 13 nitrogen and oxygen atoms in total. The number of amides is 1. The smallest absolute Gasteiger partial charge is 0.387 e. The van der Waals surface area contributed by atoms with Crippen molar-refractivity contribution in [1.82, 2.24) is 14.8 Å². The summed E-state index contributed by atoms with van der Waals surface area (Å²) in [7, 11) is -4.43. The first-order chi connectivity index (χ1) is 20.2. The number of aliphatic hydroxyl groups excluding tert-OH is 2. The molecule has 1 aliphatic heterocycles. The number of primary amides is 1. The first kappa shape index (κ1) is 36.8. The molecule has 0 bridgehead atoms. The minimum atomic E-state index is -4.43. The Morgan fingerprint density at radius 1 is 0.881 bits per heavy atom. The summed E-state index contributed by atoms with van der Waals surface area (Å²) >= 11 is 0. The fourth-order valence-corrected chi connectivity index (χ4v) is 5.58. The lowest BCUT2D eigenvalue weighted by atomic mass is 10.0. The minimum Gasteiger partial charge on any atom is -0.387 e. The second kappa shape index (κ2) is 21.3. The first-order valence-corrected chi connectivity index (χ1v) is 17.2. The van der Waals surface area contributed by atoms with Crippen LogP contribution in [0.25, 0.3) is 0 Å². The Morgan fingerprint density at radius 2 is 1.43 bits per heavy atom. The molecule has 1 amide bonds. The number of phosphoric acid groups is 1. The highest BCUT2D eigenvalue weighted by Gasteiger charge is 2.45. The van der Waals surface area contributed by atoms with Gasteiger partial charge in [-0.1, -0.05) is 103 Å². The summed E-state index contributed by atoms with van der Waals surface area (Å²) in [5.41, 5.74) is 5.11. The van der Waals surface area contributed by atoms with Crippen molar-refractivity contribution in [2.45, 2.75) is 134 Å². The summed E-state index contributed by atoms with van der Waals surface area (Å²) in [6.07, 6.45) is 16.7. The molecule has 14 heteroatoms. The Labute approximate surface area is 250 Å². The number of carbonyl (C=O) groups is 1. The van der Waals surface area contributed by atoms with E-state index >= 15 is 0 Å². The number of nitrogens with two attached hydrogens (primary N) is 1. The molecule has 1 aliphatic rings. The van der Waals surface area contributed by atoms with Crippen LogP contribution in [0.1, 0.15) is 127 Å². The zero-order valence-electron chi connectivity index (χ0n) is 25.2. The van der Waals surface area contributed by atoms with Crippen LogP contribution in [0.5, 0.6) is 0 Å². The highest BCUT2D eigenvalue weighted by molar-refractivity contribution is 7.47. The predicted octanol–water partition coefficient (Wildman–Crippen LogP) is 4.41. The number of aliphatic hydroxyl groups is 2. The summed E-state index contributed by atoms with van der Waals surface area (Å²) in [6.45, 7) is 2.29. The molecule has 5 N–H and O–H groups in total. The van der Waals surface area contributed by atoms with Crippen LogP contribution in [0.15, 0.2) is 6.33 Å². The van der Waals surface area contributed by atoms with E-state index in [9.17, 15) is 24.5 Å². The molecule has 0 aromatic carbocycles. The lowest BCUT2D eigenvalue weighted by molar-refractivity contribution is -0.0593. The van der Waals surface area contributed by atoms with Crippen molar-refractivity contribution < 1.29 is 43.0 Å². The standard InChI is InChI=1S/C28H53N4O9P/c1-2-3-4-5-6-7-8-9-10-11-12-13-14-15-16-17-18-38-19-20-39-42(36,37)40-21-23-24(33)25(34)28(41-23)32-22-30-27(31-32)26(29)35/h22-25,28,33-34H,2-21H2,1H3,(H2,29,35)(H,36,37)/t23-,24?,25?,28-/m1/s1. The average Bonchev–Trinajstić information content (AvgIpc) is 3.56. The third-order valence-corrected chi connectivity index (χ3v) is 8.34. The van der Waals surface area contributed by atoms with E-state index in [4.69, 9.17) is 24.3 Å². The number of phosphoric ester groups is 1. The van der Waals surface area contributed by atoms with Gasteiger partial charge in [0.2, 0.25) is 5.82 Å². The van der Waals surface area contributed by atoms with Crippen LogP contribution in [-0.2, 0) is 23.1 Å². The molecule has 2 rings (SSSR count). The van der Waals surface area contributed by atoms with Crippen LogP contribution < -0.4 is 5.73 Å². The summed E-state index contributed by atoms with van der Waals surface area (Å²) in [6, 6.07) is 0. The molecule has 0 spiro atoms. The van der Waals surface area contributed by atoms with E-state index in [0.29, 0.717) is 6.61 Å². The maximum atomic E-state index is 12.2. The van der Waals surface area contributed by atoms with Gasteiger partial charge in [-0.3, -0.25) is 13.8 Å². The zero-order valence-corrected chi connectivity index (χ0v) is 26.1. The third kappa shape index (κ3) is 14.8. The maximum absolute atomic E-state index is 12.2. The van der Waals surface area contributed by atoms with Crippen molar-refractivity contribution in [1.29, 1.82) is 0 Å². The van der Waals surface area contributed by atoms with Crippen LogP contribution >= 0.6 is 7.82 Å². The van der Waals surface area contributed by atoms with Crippen molar-refractivity contribution in [3.05, 3.63) is 12.2 Å². The maximum Gasteiger partial charge on any atom is 0.472 e. The van der Waals surface area contributed by atoms with E-state index in [1.54, 1.807) is 0 Å². The van der Waals surface area contributed by atoms with E-state index in [1.807, 2.05) is 0 Å². The van der Waals surface area contributed by atoms with E-state index in [0.717, 1.165) is 23.9 Å². The van der Waals surface area contributed by atoms with Crippen LogP contribution in [0.2, 0.25) is 0 Å². The number of ether oxygens (including phenoxy) is 2. The molecule has 0 saturated carbocycles. The molecule has 0 radical (unpaired) electrons. The normalized spacial score (nSPS) is 22.0. The van der Waals surface area contributed by atoms with Gasteiger partial charge in [0, 0.05) is 6.61 Å². The van der Waals surface area contributed by atoms with Gasteiger partial charge in [-0.25, -0.2) is 14.2 Å². The fourth-order valence-electron chi connectivity index (χ4n) is 4.87. The van der Waals surface area contributed by atoms with Gasteiger partial charge in [0.15, 0.2) is 6.23 Å². The van der Waals surface area contributed by atoms with Crippen LogP contribution in [-0.4, -0.2) is 80.5 Å². The second-order valence-corrected chi connectivity index (χ2v) is 12.4. The van der Waals surface area contributed by atoms with Gasteiger partial charge in [-0.05, 0) is 6.42 Å². The summed E-state index contributed by atoms with van der Waals surface area (Å²) in [5, 5.41) is 24.2. The Balaban J connectivity index is 1.41. The Bertz CT molecular complexity index is 906. The van der Waals surface area contributed by atoms with Gasteiger partial charge in [0.1, 0.15) is 24.6 Å². The number of hydrogen-bond acceptors (Lipinski definition) is 10. The van der Waals surface area contributed by atoms with E-state index in [-0.39, 0.29) is 19.0 Å². The van der Waals surface area contributed by atoms with E-state index in [2.05, 4.69) is 17.0 Å². The van der Waals surface area contributed by atoms with Gasteiger partial charge in [0.05, 0.1) is 19.8 Å². The lowest BCUT2D eigenvalue weighted by Crippen LogP contribution is -2.33. The minimum absolute atomic E-state index is 0.138.